The highest BCUT2D eigenvalue weighted by atomic mass is 16.6. The van der Waals surface area contributed by atoms with Gasteiger partial charge in [0, 0.05) is 32.4 Å². The average molecular weight is 464 g/mol. The van der Waals surface area contributed by atoms with Gasteiger partial charge in [0.2, 0.25) is 0 Å². The largest absolute Gasteiger partial charge is 0.444 e. The fraction of sp³-hybridized carbons (Fsp3) is 0.375. The zero-order valence-electron chi connectivity index (χ0n) is 19.9. The molecule has 4 heterocycles. The Morgan fingerprint density at radius 2 is 1.76 bits per heavy atom. The van der Waals surface area contributed by atoms with Gasteiger partial charge in [0.05, 0.1) is 29.3 Å². The van der Waals surface area contributed by atoms with E-state index in [9.17, 15) is 9.59 Å². The van der Waals surface area contributed by atoms with Crippen molar-refractivity contribution in [2.45, 2.75) is 33.3 Å². The van der Waals surface area contributed by atoms with Crippen LogP contribution < -0.4 is 10.2 Å². The van der Waals surface area contributed by atoms with Crippen LogP contribution >= 0.6 is 0 Å². The summed E-state index contributed by atoms with van der Waals surface area (Å²) in [4.78, 5) is 37.6. The van der Waals surface area contributed by atoms with Gasteiger partial charge in [-0.15, -0.1) is 0 Å². The lowest BCUT2D eigenvalue weighted by molar-refractivity contribution is 0.0240. The summed E-state index contributed by atoms with van der Waals surface area (Å²) in [5, 5.41) is 7.12. The number of ether oxygens (including phenoxy) is 1. The van der Waals surface area contributed by atoms with E-state index < -0.39 is 5.60 Å². The molecule has 1 aliphatic rings. The van der Waals surface area contributed by atoms with Crippen LogP contribution in [-0.4, -0.2) is 68.4 Å². The first kappa shape index (κ1) is 23.2. The maximum atomic E-state index is 12.8. The number of anilines is 2. The van der Waals surface area contributed by atoms with E-state index in [1.807, 2.05) is 52.0 Å². The second kappa shape index (κ2) is 9.50. The summed E-state index contributed by atoms with van der Waals surface area (Å²) in [7, 11) is 0. The van der Waals surface area contributed by atoms with Crippen molar-refractivity contribution < 1.29 is 14.3 Å². The molecule has 0 spiro atoms. The third-order valence-corrected chi connectivity index (χ3v) is 5.41. The summed E-state index contributed by atoms with van der Waals surface area (Å²) in [5.41, 5.74) is 1.57. The van der Waals surface area contributed by atoms with E-state index in [1.165, 1.54) is 6.20 Å². The number of rotatable bonds is 4. The highest BCUT2D eigenvalue weighted by molar-refractivity contribution is 6.04. The summed E-state index contributed by atoms with van der Waals surface area (Å²) in [6, 6.07) is 9.20. The zero-order chi connectivity index (χ0) is 24.3. The van der Waals surface area contributed by atoms with Gasteiger partial charge in [0.25, 0.3) is 5.91 Å². The molecule has 4 rings (SSSR count). The molecule has 2 amide bonds. The van der Waals surface area contributed by atoms with Crippen molar-refractivity contribution in [2.24, 2.45) is 0 Å². The van der Waals surface area contributed by atoms with Crippen LogP contribution in [0.5, 0.6) is 0 Å². The van der Waals surface area contributed by atoms with Gasteiger partial charge in [-0.25, -0.2) is 19.4 Å². The molecule has 0 aliphatic carbocycles. The van der Waals surface area contributed by atoms with E-state index in [4.69, 9.17) is 4.74 Å². The number of nitrogens with one attached hydrogen (secondary N) is 1. The molecule has 178 valence electrons. The van der Waals surface area contributed by atoms with Gasteiger partial charge in [-0.2, -0.15) is 5.10 Å². The topological polar surface area (TPSA) is 105 Å². The SMILES string of the molecule is Cc1c(C(=O)Nc2ccc(N3CCN(C(=O)OC(C)(C)C)CC3)cn2)cnn1-c1ccccn1. The average Bonchev–Trinajstić information content (AvgIpc) is 3.20. The molecule has 0 saturated carbocycles. The number of nitrogens with zero attached hydrogens (tertiary/aromatic N) is 6. The molecule has 3 aromatic rings. The second-order valence-corrected chi connectivity index (χ2v) is 9.05. The molecule has 1 aliphatic heterocycles. The first-order chi connectivity index (χ1) is 16.2. The Morgan fingerprint density at radius 3 is 2.38 bits per heavy atom. The molecule has 10 nitrogen and oxygen atoms in total. The van der Waals surface area contributed by atoms with Gasteiger partial charge in [-0.05, 0) is 52.0 Å². The quantitative estimate of drug-likeness (QED) is 0.633. The van der Waals surface area contributed by atoms with Gasteiger partial charge in [0.15, 0.2) is 5.82 Å². The number of carbonyl (C=O) groups excluding carboxylic acids is 2. The summed E-state index contributed by atoms with van der Waals surface area (Å²) in [6.07, 6.45) is 4.64. The molecule has 3 aromatic heterocycles. The molecule has 0 atom stereocenters. The summed E-state index contributed by atoms with van der Waals surface area (Å²) < 4.78 is 7.08. The van der Waals surface area contributed by atoms with Crippen molar-refractivity contribution in [3.63, 3.8) is 0 Å². The minimum atomic E-state index is -0.506. The molecule has 0 bridgehead atoms. The van der Waals surface area contributed by atoms with Crippen LogP contribution in [0.4, 0.5) is 16.3 Å². The molecular formula is C24H29N7O3. The van der Waals surface area contributed by atoms with Crippen LogP contribution in [0.15, 0.2) is 48.9 Å². The van der Waals surface area contributed by atoms with Crippen LogP contribution in [0.25, 0.3) is 5.82 Å². The zero-order valence-corrected chi connectivity index (χ0v) is 19.9. The van der Waals surface area contributed by atoms with Crippen LogP contribution in [0.1, 0.15) is 36.8 Å². The third-order valence-electron chi connectivity index (χ3n) is 5.41. The Labute approximate surface area is 198 Å². The first-order valence-corrected chi connectivity index (χ1v) is 11.2. The monoisotopic (exact) mass is 463 g/mol. The number of amides is 2. The minimum Gasteiger partial charge on any atom is -0.444 e. The molecule has 1 fully saturated rings. The standard InChI is InChI=1S/C24H29N7O3/c1-17-19(16-27-31(17)21-7-5-6-10-25-21)22(32)28-20-9-8-18(15-26-20)29-11-13-30(14-12-29)23(33)34-24(2,3)4/h5-10,15-16H,11-14H2,1-4H3,(H,26,28,32). The summed E-state index contributed by atoms with van der Waals surface area (Å²) in [6.45, 7) is 9.92. The van der Waals surface area contributed by atoms with E-state index in [-0.39, 0.29) is 12.0 Å². The highest BCUT2D eigenvalue weighted by Gasteiger charge is 2.26. The Bertz CT molecular complexity index is 1150. The molecule has 0 aromatic carbocycles. The lowest BCUT2D eigenvalue weighted by atomic mass is 10.2. The smallest absolute Gasteiger partial charge is 0.410 e. The first-order valence-electron chi connectivity index (χ1n) is 11.2. The lowest BCUT2D eigenvalue weighted by Gasteiger charge is -2.36. The number of aromatic nitrogens is 4. The highest BCUT2D eigenvalue weighted by Crippen LogP contribution is 2.20. The molecule has 0 unspecified atom stereocenters. The van der Waals surface area contributed by atoms with Crippen molar-refractivity contribution in [1.82, 2.24) is 24.6 Å². The van der Waals surface area contributed by atoms with Crippen molar-refractivity contribution in [1.29, 1.82) is 0 Å². The predicted molar refractivity (Wildman–Crippen MR) is 128 cm³/mol. The number of piperazine rings is 1. The van der Waals surface area contributed by atoms with Gasteiger partial charge >= 0.3 is 6.09 Å². The minimum absolute atomic E-state index is 0.286. The van der Waals surface area contributed by atoms with E-state index >= 15 is 0 Å². The maximum absolute atomic E-state index is 12.8. The summed E-state index contributed by atoms with van der Waals surface area (Å²) >= 11 is 0. The van der Waals surface area contributed by atoms with Crippen molar-refractivity contribution in [2.75, 3.05) is 36.4 Å². The fourth-order valence-corrected chi connectivity index (χ4v) is 3.65. The number of hydrogen-bond donors (Lipinski definition) is 1. The number of hydrogen-bond acceptors (Lipinski definition) is 7. The predicted octanol–water partition coefficient (Wildman–Crippen LogP) is 3.28. The Balaban J connectivity index is 1.35. The third kappa shape index (κ3) is 5.33. The molecule has 10 heteroatoms. The number of carbonyl (C=O) groups is 2. The van der Waals surface area contributed by atoms with Crippen molar-refractivity contribution >= 4 is 23.5 Å². The Kier molecular flexibility index (Phi) is 6.49. The van der Waals surface area contributed by atoms with Gasteiger partial charge in [-0.3, -0.25) is 4.79 Å². The van der Waals surface area contributed by atoms with E-state index in [0.717, 1.165) is 5.69 Å². The van der Waals surface area contributed by atoms with Gasteiger partial charge < -0.3 is 19.9 Å². The Hall–Kier alpha value is -3.95. The molecule has 0 radical (unpaired) electrons. The summed E-state index contributed by atoms with van der Waals surface area (Å²) in [5.74, 6) is 0.810. The van der Waals surface area contributed by atoms with E-state index in [2.05, 4.69) is 25.3 Å². The lowest BCUT2D eigenvalue weighted by Crippen LogP contribution is -2.50. The van der Waals surface area contributed by atoms with Crippen LogP contribution in [-0.2, 0) is 4.74 Å². The van der Waals surface area contributed by atoms with Crippen LogP contribution in [0.3, 0.4) is 0 Å². The van der Waals surface area contributed by atoms with E-state index in [0.29, 0.717) is 49.1 Å². The normalized spacial score (nSPS) is 14.1. The fourth-order valence-electron chi connectivity index (χ4n) is 3.65. The van der Waals surface area contributed by atoms with Crippen molar-refractivity contribution in [3.8, 4) is 5.82 Å². The van der Waals surface area contributed by atoms with Gasteiger partial charge in [0.1, 0.15) is 11.4 Å². The number of pyridine rings is 2. The van der Waals surface area contributed by atoms with Crippen molar-refractivity contribution in [3.05, 3.63) is 60.2 Å². The molecule has 1 N–H and O–H groups in total. The Morgan fingerprint density at radius 1 is 1.00 bits per heavy atom. The molecule has 1 saturated heterocycles. The van der Waals surface area contributed by atoms with E-state index in [1.54, 1.807) is 28.0 Å². The van der Waals surface area contributed by atoms with Crippen LogP contribution in [0, 0.1) is 6.92 Å². The second-order valence-electron chi connectivity index (χ2n) is 9.05. The molecular weight excluding hydrogens is 434 g/mol. The molecule has 34 heavy (non-hydrogen) atoms. The maximum Gasteiger partial charge on any atom is 0.410 e. The van der Waals surface area contributed by atoms with Crippen LogP contribution in [0.2, 0.25) is 0 Å². The van der Waals surface area contributed by atoms with Gasteiger partial charge in [-0.1, -0.05) is 6.07 Å².